The highest BCUT2D eigenvalue weighted by molar-refractivity contribution is 5.92. The Balaban J connectivity index is 2.14. The van der Waals surface area contributed by atoms with Gasteiger partial charge >= 0.3 is 0 Å². The average Bonchev–Trinajstić information content (AvgIpc) is 2.56. The molecule has 1 aliphatic rings. The Morgan fingerprint density at radius 2 is 2.21 bits per heavy atom. The van der Waals surface area contributed by atoms with E-state index < -0.39 is 6.04 Å². The van der Waals surface area contributed by atoms with Gasteiger partial charge in [0.1, 0.15) is 6.04 Å². The third-order valence-corrected chi connectivity index (χ3v) is 3.19. The zero-order valence-corrected chi connectivity index (χ0v) is 10.7. The molecule has 0 bridgehead atoms. The van der Waals surface area contributed by atoms with E-state index >= 15 is 0 Å². The smallest absolute Gasteiger partial charge is 0.242 e. The minimum absolute atomic E-state index is 0.0410. The molecule has 1 atom stereocenters. The van der Waals surface area contributed by atoms with E-state index in [2.05, 4.69) is 16.7 Å². The van der Waals surface area contributed by atoms with Gasteiger partial charge in [-0.25, -0.2) is 0 Å². The molecule has 98 valence electrons. The molecule has 1 aliphatic heterocycles. The van der Waals surface area contributed by atoms with Crippen LogP contribution in [0.15, 0.2) is 18.2 Å². The van der Waals surface area contributed by atoms with Crippen molar-refractivity contribution in [1.29, 1.82) is 5.26 Å². The summed E-state index contributed by atoms with van der Waals surface area (Å²) in [6, 6.07) is 7.06. The van der Waals surface area contributed by atoms with Crippen LogP contribution in [0.2, 0.25) is 0 Å². The van der Waals surface area contributed by atoms with Crippen LogP contribution in [0.1, 0.15) is 24.0 Å². The average molecular weight is 257 g/mol. The number of nitrogens with zero attached hydrogens (tertiary/aromatic N) is 1. The van der Waals surface area contributed by atoms with Crippen LogP contribution in [0, 0.1) is 18.3 Å². The number of rotatable bonds is 2. The van der Waals surface area contributed by atoms with Crippen LogP contribution in [0.5, 0.6) is 0 Å². The van der Waals surface area contributed by atoms with E-state index in [1.807, 2.05) is 19.1 Å². The maximum absolute atomic E-state index is 11.8. The largest absolute Gasteiger partial charge is 0.374 e. The third-order valence-electron chi connectivity index (χ3n) is 3.19. The van der Waals surface area contributed by atoms with Gasteiger partial charge in [0.15, 0.2) is 5.78 Å². The predicted molar refractivity (Wildman–Crippen MR) is 70.6 cm³/mol. The number of Topliss-reactive ketones (excluding diaryl/α,β-unsaturated/α-hetero) is 1. The monoisotopic (exact) mass is 257 g/mol. The molecule has 0 saturated carbocycles. The molecule has 1 aromatic rings. The number of nitrogens with one attached hydrogen (secondary N) is 2. The predicted octanol–water partition coefficient (Wildman–Crippen LogP) is 1.13. The standard InChI is InChI=1S/C14H15N3O2/c1-9-2-3-11(6-10(9)7-15)17-13-5-4-12(18)8-16-14(13)19/h2-3,6,13,17H,4-5,8H2,1H3,(H,16,19). The van der Waals surface area contributed by atoms with Crippen molar-refractivity contribution in [3.05, 3.63) is 29.3 Å². The molecule has 1 fully saturated rings. The van der Waals surface area contributed by atoms with Crippen molar-refractivity contribution in [3.63, 3.8) is 0 Å². The lowest BCUT2D eigenvalue weighted by Crippen LogP contribution is -2.38. The van der Waals surface area contributed by atoms with Crippen molar-refractivity contribution in [3.8, 4) is 6.07 Å². The lowest BCUT2D eigenvalue weighted by atomic mass is 10.1. The maximum Gasteiger partial charge on any atom is 0.242 e. The summed E-state index contributed by atoms with van der Waals surface area (Å²) in [5.41, 5.74) is 2.19. The van der Waals surface area contributed by atoms with E-state index in [4.69, 9.17) is 5.26 Å². The van der Waals surface area contributed by atoms with Gasteiger partial charge in [-0.1, -0.05) is 6.07 Å². The molecule has 2 N–H and O–H groups in total. The number of carbonyl (C=O) groups excluding carboxylic acids is 2. The highest BCUT2D eigenvalue weighted by atomic mass is 16.2. The first-order valence-electron chi connectivity index (χ1n) is 6.17. The first-order chi connectivity index (χ1) is 9.10. The molecule has 2 rings (SSSR count). The van der Waals surface area contributed by atoms with Crippen LogP contribution in [0.3, 0.4) is 0 Å². The van der Waals surface area contributed by atoms with E-state index in [-0.39, 0.29) is 18.2 Å². The summed E-state index contributed by atoms with van der Waals surface area (Å²) in [6.45, 7) is 1.97. The third kappa shape index (κ3) is 3.10. The van der Waals surface area contributed by atoms with Gasteiger partial charge in [-0.3, -0.25) is 9.59 Å². The maximum atomic E-state index is 11.8. The Labute approximate surface area is 111 Å². The van der Waals surface area contributed by atoms with E-state index in [1.165, 1.54) is 0 Å². The Hall–Kier alpha value is -2.35. The molecule has 5 nitrogen and oxygen atoms in total. The molecule has 19 heavy (non-hydrogen) atoms. The van der Waals surface area contributed by atoms with Gasteiger partial charge in [0.25, 0.3) is 0 Å². The normalized spacial score (nSPS) is 19.3. The number of anilines is 1. The van der Waals surface area contributed by atoms with Gasteiger partial charge in [0.05, 0.1) is 18.2 Å². The molecule has 1 amide bonds. The van der Waals surface area contributed by atoms with E-state index in [0.717, 1.165) is 11.3 Å². The SMILES string of the molecule is Cc1ccc(NC2CCC(=O)CNC2=O)cc1C#N. The lowest BCUT2D eigenvalue weighted by Gasteiger charge is -2.16. The second kappa shape index (κ2) is 5.53. The Morgan fingerprint density at radius 3 is 2.95 bits per heavy atom. The number of benzene rings is 1. The number of nitriles is 1. The van der Waals surface area contributed by atoms with Crippen molar-refractivity contribution < 1.29 is 9.59 Å². The van der Waals surface area contributed by atoms with E-state index in [1.54, 1.807) is 6.07 Å². The molecule has 0 aliphatic carbocycles. The van der Waals surface area contributed by atoms with Crippen LogP contribution < -0.4 is 10.6 Å². The van der Waals surface area contributed by atoms with Crippen LogP contribution in [0.25, 0.3) is 0 Å². The van der Waals surface area contributed by atoms with Crippen LogP contribution in [-0.2, 0) is 9.59 Å². The zero-order chi connectivity index (χ0) is 13.8. The lowest BCUT2D eigenvalue weighted by molar-refractivity contribution is -0.123. The Bertz CT molecular complexity index is 560. The fourth-order valence-corrected chi connectivity index (χ4v) is 2.00. The topological polar surface area (TPSA) is 82.0 Å². The van der Waals surface area contributed by atoms with Crippen LogP contribution in [0.4, 0.5) is 5.69 Å². The fourth-order valence-electron chi connectivity index (χ4n) is 2.00. The highest BCUT2D eigenvalue weighted by Gasteiger charge is 2.23. The molecule has 0 spiro atoms. The van der Waals surface area contributed by atoms with E-state index in [0.29, 0.717) is 18.4 Å². The fraction of sp³-hybridized carbons (Fsp3) is 0.357. The van der Waals surface area contributed by atoms with Gasteiger partial charge in [-0.2, -0.15) is 5.26 Å². The van der Waals surface area contributed by atoms with Crippen molar-refractivity contribution in [2.75, 3.05) is 11.9 Å². The minimum Gasteiger partial charge on any atom is -0.374 e. The number of hydrogen-bond acceptors (Lipinski definition) is 4. The quantitative estimate of drug-likeness (QED) is 0.832. The van der Waals surface area contributed by atoms with Gasteiger partial charge < -0.3 is 10.6 Å². The van der Waals surface area contributed by atoms with Crippen molar-refractivity contribution >= 4 is 17.4 Å². The van der Waals surface area contributed by atoms with Gasteiger partial charge in [-0.15, -0.1) is 0 Å². The Kier molecular flexibility index (Phi) is 3.81. The summed E-state index contributed by atoms with van der Waals surface area (Å²) in [4.78, 5) is 23.1. The summed E-state index contributed by atoms with van der Waals surface area (Å²) in [5, 5.41) is 14.6. The zero-order valence-electron chi connectivity index (χ0n) is 10.7. The van der Waals surface area contributed by atoms with Crippen molar-refractivity contribution in [1.82, 2.24) is 5.32 Å². The molecule has 0 aromatic heterocycles. The molecule has 1 saturated heterocycles. The Morgan fingerprint density at radius 1 is 1.42 bits per heavy atom. The number of aryl methyl sites for hydroxylation is 1. The molecular weight excluding hydrogens is 242 g/mol. The molecule has 1 unspecified atom stereocenters. The molecular formula is C14H15N3O2. The summed E-state index contributed by atoms with van der Waals surface area (Å²) < 4.78 is 0. The summed E-state index contributed by atoms with van der Waals surface area (Å²) in [6.07, 6.45) is 0.855. The first-order valence-corrected chi connectivity index (χ1v) is 6.17. The molecule has 0 radical (unpaired) electrons. The highest BCUT2D eigenvalue weighted by Crippen LogP contribution is 2.17. The van der Waals surface area contributed by atoms with Crippen LogP contribution >= 0.6 is 0 Å². The van der Waals surface area contributed by atoms with Gasteiger partial charge in [-0.05, 0) is 31.0 Å². The minimum atomic E-state index is -0.430. The summed E-state index contributed by atoms with van der Waals surface area (Å²) in [5.74, 6) is -0.135. The molecule has 1 heterocycles. The summed E-state index contributed by atoms with van der Waals surface area (Å²) in [7, 11) is 0. The van der Waals surface area contributed by atoms with Gasteiger partial charge in [0, 0.05) is 12.1 Å². The summed E-state index contributed by atoms with van der Waals surface area (Å²) >= 11 is 0. The van der Waals surface area contributed by atoms with Crippen LogP contribution in [-0.4, -0.2) is 24.3 Å². The van der Waals surface area contributed by atoms with Gasteiger partial charge in [0.2, 0.25) is 5.91 Å². The number of carbonyl (C=O) groups is 2. The second-order valence-electron chi connectivity index (χ2n) is 4.63. The molecule has 1 aromatic carbocycles. The second-order valence-corrected chi connectivity index (χ2v) is 4.63. The first kappa shape index (κ1) is 13.1. The van der Waals surface area contributed by atoms with Crippen molar-refractivity contribution in [2.24, 2.45) is 0 Å². The number of amides is 1. The molecule has 5 heteroatoms. The van der Waals surface area contributed by atoms with Crippen molar-refractivity contribution in [2.45, 2.75) is 25.8 Å². The number of hydrogen-bond donors (Lipinski definition) is 2. The number of ketones is 1. The van der Waals surface area contributed by atoms with E-state index in [9.17, 15) is 9.59 Å².